The van der Waals surface area contributed by atoms with Gasteiger partial charge in [0.25, 0.3) is 0 Å². The summed E-state index contributed by atoms with van der Waals surface area (Å²) < 4.78 is 1.80. The first-order valence-corrected chi connectivity index (χ1v) is 8.62. The van der Waals surface area contributed by atoms with Crippen molar-refractivity contribution in [1.82, 2.24) is 24.7 Å². The molecule has 3 aromatic heterocycles. The van der Waals surface area contributed by atoms with Crippen molar-refractivity contribution in [3.8, 4) is 5.82 Å². The van der Waals surface area contributed by atoms with Crippen LogP contribution in [0.2, 0.25) is 5.02 Å². The first-order valence-electron chi connectivity index (χ1n) is 8.24. The molecule has 0 fully saturated rings. The SMILES string of the molecule is Cc1cc(C)n(-c2nc3cc(Cl)ccc3nc2NCc2ccncc2)n1. The second-order valence-electron chi connectivity index (χ2n) is 6.08. The van der Waals surface area contributed by atoms with Crippen LogP contribution in [0.5, 0.6) is 0 Å². The molecule has 0 saturated carbocycles. The maximum atomic E-state index is 6.12. The third-order valence-electron chi connectivity index (χ3n) is 4.03. The summed E-state index contributed by atoms with van der Waals surface area (Å²) in [6.07, 6.45) is 3.54. The van der Waals surface area contributed by atoms with E-state index >= 15 is 0 Å². The lowest BCUT2D eigenvalue weighted by Crippen LogP contribution is -2.11. The van der Waals surface area contributed by atoms with Gasteiger partial charge in [0.2, 0.25) is 0 Å². The number of rotatable bonds is 4. The van der Waals surface area contributed by atoms with Gasteiger partial charge in [-0.3, -0.25) is 4.98 Å². The molecule has 0 spiro atoms. The lowest BCUT2D eigenvalue weighted by atomic mass is 10.2. The van der Waals surface area contributed by atoms with Crippen molar-refractivity contribution in [3.05, 3.63) is 70.8 Å². The number of aromatic nitrogens is 5. The van der Waals surface area contributed by atoms with E-state index in [0.717, 1.165) is 28.0 Å². The molecule has 130 valence electrons. The molecule has 4 aromatic rings. The molecule has 4 rings (SSSR count). The number of benzene rings is 1. The van der Waals surface area contributed by atoms with Gasteiger partial charge in [-0.25, -0.2) is 14.6 Å². The summed E-state index contributed by atoms with van der Waals surface area (Å²) >= 11 is 6.12. The molecular formula is C19H17ClN6. The molecule has 6 nitrogen and oxygen atoms in total. The average molecular weight is 365 g/mol. The minimum atomic E-state index is 0.614. The number of hydrogen-bond acceptors (Lipinski definition) is 5. The third kappa shape index (κ3) is 3.23. The smallest absolute Gasteiger partial charge is 0.197 e. The fourth-order valence-electron chi connectivity index (χ4n) is 2.81. The van der Waals surface area contributed by atoms with Crippen molar-refractivity contribution >= 4 is 28.5 Å². The molecule has 7 heteroatoms. The van der Waals surface area contributed by atoms with E-state index in [1.807, 2.05) is 50.2 Å². The summed E-state index contributed by atoms with van der Waals surface area (Å²) in [4.78, 5) is 13.6. The summed E-state index contributed by atoms with van der Waals surface area (Å²) in [6.45, 7) is 4.57. The van der Waals surface area contributed by atoms with Crippen LogP contribution >= 0.6 is 11.6 Å². The number of pyridine rings is 1. The maximum Gasteiger partial charge on any atom is 0.197 e. The molecule has 0 amide bonds. The Labute approximate surface area is 155 Å². The van der Waals surface area contributed by atoms with E-state index in [9.17, 15) is 0 Å². The van der Waals surface area contributed by atoms with Crippen LogP contribution in [0.3, 0.4) is 0 Å². The predicted molar refractivity (Wildman–Crippen MR) is 103 cm³/mol. The molecule has 0 bridgehead atoms. The molecular weight excluding hydrogens is 348 g/mol. The molecule has 3 heterocycles. The van der Waals surface area contributed by atoms with Gasteiger partial charge in [0.1, 0.15) is 0 Å². The Morgan fingerprint density at radius 3 is 2.54 bits per heavy atom. The molecule has 0 radical (unpaired) electrons. The third-order valence-corrected chi connectivity index (χ3v) is 4.26. The second-order valence-corrected chi connectivity index (χ2v) is 6.51. The zero-order valence-corrected chi connectivity index (χ0v) is 15.2. The molecule has 0 saturated heterocycles. The van der Waals surface area contributed by atoms with Crippen LogP contribution in [0.1, 0.15) is 17.0 Å². The van der Waals surface area contributed by atoms with E-state index in [1.165, 1.54) is 0 Å². The number of anilines is 1. The van der Waals surface area contributed by atoms with Gasteiger partial charge in [0.15, 0.2) is 11.6 Å². The van der Waals surface area contributed by atoms with Crippen molar-refractivity contribution in [2.24, 2.45) is 0 Å². The summed E-state index contributed by atoms with van der Waals surface area (Å²) in [6, 6.07) is 11.4. The highest BCUT2D eigenvalue weighted by atomic mass is 35.5. The first kappa shape index (κ1) is 16.5. The Hall–Kier alpha value is -2.99. The lowest BCUT2D eigenvalue weighted by Gasteiger charge is -2.13. The summed E-state index contributed by atoms with van der Waals surface area (Å²) in [7, 11) is 0. The highest BCUT2D eigenvalue weighted by Crippen LogP contribution is 2.24. The molecule has 26 heavy (non-hydrogen) atoms. The zero-order valence-electron chi connectivity index (χ0n) is 14.4. The Balaban J connectivity index is 1.82. The maximum absolute atomic E-state index is 6.12. The average Bonchev–Trinajstić information content (AvgIpc) is 2.98. The van der Waals surface area contributed by atoms with Crippen molar-refractivity contribution in [2.75, 3.05) is 5.32 Å². The highest BCUT2D eigenvalue weighted by molar-refractivity contribution is 6.31. The first-order chi connectivity index (χ1) is 12.6. The Bertz CT molecular complexity index is 1070. The van der Waals surface area contributed by atoms with E-state index in [1.54, 1.807) is 17.1 Å². The summed E-state index contributed by atoms with van der Waals surface area (Å²) in [5.41, 5.74) is 4.53. The monoisotopic (exact) mass is 364 g/mol. The van der Waals surface area contributed by atoms with Gasteiger partial charge in [-0.2, -0.15) is 5.10 Å². The standard InChI is InChI=1S/C19H17ClN6/c1-12-9-13(2)26(25-12)19-18(22-11-14-5-7-21-8-6-14)23-16-4-3-15(20)10-17(16)24-19/h3-10H,11H2,1-2H3,(H,22,23). The topological polar surface area (TPSA) is 68.5 Å². The van der Waals surface area contributed by atoms with Crippen LogP contribution in [0.4, 0.5) is 5.82 Å². The van der Waals surface area contributed by atoms with Gasteiger partial charge in [0, 0.05) is 29.7 Å². The number of nitrogens with one attached hydrogen (secondary N) is 1. The van der Waals surface area contributed by atoms with Crippen molar-refractivity contribution in [1.29, 1.82) is 0 Å². The molecule has 0 unspecified atom stereocenters. The van der Waals surface area contributed by atoms with Crippen molar-refractivity contribution in [3.63, 3.8) is 0 Å². The molecule has 1 N–H and O–H groups in total. The molecule has 1 aromatic carbocycles. The Kier molecular flexibility index (Phi) is 4.26. The number of hydrogen-bond donors (Lipinski definition) is 1. The van der Waals surface area contributed by atoms with E-state index in [2.05, 4.69) is 15.4 Å². The van der Waals surface area contributed by atoms with E-state index in [-0.39, 0.29) is 0 Å². The molecule has 0 atom stereocenters. The van der Waals surface area contributed by atoms with Crippen LogP contribution in [-0.4, -0.2) is 24.7 Å². The van der Waals surface area contributed by atoms with E-state index < -0.39 is 0 Å². The molecule has 0 aliphatic carbocycles. The fraction of sp³-hybridized carbons (Fsp3) is 0.158. The number of halogens is 1. The van der Waals surface area contributed by atoms with Crippen LogP contribution in [0.25, 0.3) is 16.9 Å². The van der Waals surface area contributed by atoms with Gasteiger partial charge in [0.05, 0.1) is 16.7 Å². The van der Waals surface area contributed by atoms with Gasteiger partial charge >= 0.3 is 0 Å². The van der Waals surface area contributed by atoms with E-state index in [4.69, 9.17) is 21.6 Å². The number of fused-ring (bicyclic) bond motifs is 1. The fourth-order valence-corrected chi connectivity index (χ4v) is 2.98. The van der Waals surface area contributed by atoms with Gasteiger partial charge in [-0.15, -0.1) is 0 Å². The van der Waals surface area contributed by atoms with Crippen LogP contribution in [-0.2, 0) is 6.54 Å². The van der Waals surface area contributed by atoms with Crippen molar-refractivity contribution in [2.45, 2.75) is 20.4 Å². The van der Waals surface area contributed by atoms with Gasteiger partial charge in [-0.1, -0.05) is 11.6 Å². The Morgan fingerprint density at radius 1 is 1.00 bits per heavy atom. The van der Waals surface area contributed by atoms with Gasteiger partial charge in [-0.05, 0) is 55.8 Å². The summed E-state index contributed by atoms with van der Waals surface area (Å²) in [5.74, 6) is 1.32. The highest BCUT2D eigenvalue weighted by Gasteiger charge is 2.14. The molecule has 0 aliphatic heterocycles. The zero-order chi connectivity index (χ0) is 18.1. The minimum Gasteiger partial charge on any atom is -0.363 e. The summed E-state index contributed by atoms with van der Waals surface area (Å²) in [5, 5.41) is 8.56. The predicted octanol–water partition coefficient (Wildman–Crippen LogP) is 4.09. The second kappa shape index (κ2) is 6.72. The lowest BCUT2D eigenvalue weighted by molar-refractivity contribution is 0.805. The van der Waals surface area contributed by atoms with Crippen LogP contribution in [0.15, 0.2) is 48.8 Å². The number of nitrogens with zero attached hydrogens (tertiary/aromatic N) is 5. The minimum absolute atomic E-state index is 0.614. The van der Waals surface area contributed by atoms with E-state index in [0.29, 0.717) is 23.2 Å². The van der Waals surface area contributed by atoms with Crippen LogP contribution < -0.4 is 5.32 Å². The number of aryl methyl sites for hydroxylation is 2. The normalized spacial score (nSPS) is 11.0. The quantitative estimate of drug-likeness (QED) is 0.590. The Morgan fingerprint density at radius 2 is 1.81 bits per heavy atom. The van der Waals surface area contributed by atoms with Crippen LogP contribution in [0, 0.1) is 13.8 Å². The largest absolute Gasteiger partial charge is 0.363 e. The van der Waals surface area contributed by atoms with Gasteiger partial charge < -0.3 is 5.32 Å². The van der Waals surface area contributed by atoms with Crippen molar-refractivity contribution < 1.29 is 0 Å². The molecule has 0 aliphatic rings.